The number of hydrogen-bond donors (Lipinski definition) is 2. The van der Waals surface area contributed by atoms with Gasteiger partial charge in [-0.2, -0.15) is 0 Å². The van der Waals surface area contributed by atoms with Crippen LogP contribution in [0.5, 0.6) is 0 Å². The molecule has 1 aliphatic carbocycles. The van der Waals surface area contributed by atoms with Crippen molar-refractivity contribution in [1.29, 1.82) is 0 Å². The van der Waals surface area contributed by atoms with E-state index in [1.807, 2.05) is 35.0 Å². The number of benzene rings is 1. The summed E-state index contributed by atoms with van der Waals surface area (Å²) in [6.07, 6.45) is 7.80. The van der Waals surface area contributed by atoms with E-state index in [0.717, 1.165) is 30.5 Å². The Bertz CT molecular complexity index is 586. The molecule has 0 radical (unpaired) electrons. The second kappa shape index (κ2) is 5.09. The van der Waals surface area contributed by atoms with Gasteiger partial charge in [-0.1, -0.05) is 12.1 Å². The van der Waals surface area contributed by atoms with Crippen molar-refractivity contribution in [2.75, 3.05) is 0 Å². The summed E-state index contributed by atoms with van der Waals surface area (Å²) in [5.74, 6) is -0.737. The maximum absolute atomic E-state index is 11.3. The van der Waals surface area contributed by atoms with E-state index in [-0.39, 0.29) is 0 Å². The lowest BCUT2D eigenvalue weighted by atomic mass is 9.76. The molecule has 2 N–H and O–H groups in total. The molecular formula is C15H17N3O2. The standard InChI is InChI=1S/C15H17N3O2/c19-14(20)15(6-1-7-15)17-10-12-2-4-13(5-3-12)18-9-8-16-11-18/h2-5,8-9,11,17H,1,6-7,10H2,(H,19,20). The molecule has 104 valence electrons. The highest BCUT2D eigenvalue weighted by molar-refractivity contribution is 5.79. The van der Waals surface area contributed by atoms with Crippen molar-refractivity contribution in [3.8, 4) is 5.69 Å². The first-order valence-electron chi connectivity index (χ1n) is 6.75. The maximum atomic E-state index is 11.3. The number of aliphatic carboxylic acids is 1. The summed E-state index contributed by atoms with van der Waals surface area (Å²) < 4.78 is 1.93. The predicted octanol–water partition coefficient (Wildman–Crippen LogP) is 1.97. The summed E-state index contributed by atoms with van der Waals surface area (Å²) >= 11 is 0. The van der Waals surface area contributed by atoms with Crippen molar-refractivity contribution < 1.29 is 9.90 Å². The van der Waals surface area contributed by atoms with Crippen molar-refractivity contribution in [3.05, 3.63) is 48.5 Å². The average Bonchev–Trinajstić information content (AvgIpc) is 2.91. The third kappa shape index (κ3) is 2.32. The van der Waals surface area contributed by atoms with Gasteiger partial charge in [0.15, 0.2) is 0 Å². The van der Waals surface area contributed by atoms with Crippen molar-refractivity contribution in [2.24, 2.45) is 0 Å². The van der Waals surface area contributed by atoms with Crippen LogP contribution in [0.3, 0.4) is 0 Å². The van der Waals surface area contributed by atoms with Gasteiger partial charge in [0.1, 0.15) is 5.54 Å². The fraction of sp³-hybridized carbons (Fsp3) is 0.333. The highest BCUT2D eigenvalue weighted by atomic mass is 16.4. The van der Waals surface area contributed by atoms with E-state index in [9.17, 15) is 9.90 Å². The molecule has 3 rings (SSSR count). The molecule has 2 aromatic rings. The van der Waals surface area contributed by atoms with Gasteiger partial charge in [-0.05, 0) is 37.0 Å². The average molecular weight is 271 g/mol. The number of carbonyl (C=O) groups is 1. The van der Waals surface area contributed by atoms with Crippen LogP contribution in [0, 0.1) is 0 Å². The lowest BCUT2D eigenvalue weighted by molar-refractivity contribution is -0.148. The fourth-order valence-electron chi connectivity index (χ4n) is 2.47. The van der Waals surface area contributed by atoms with Crippen molar-refractivity contribution >= 4 is 5.97 Å². The topological polar surface area (TPSA) is 67.2 Å². The molecule has 1 aromatic heterocycles. The normalized spacial score (nSPS) is 16.6. The maximum Gasteiger partial charge on any atom is 0.323 e. The van der Waals surface area contributed by atoms with Crippen LogP contribution in [-0.2, 0) is 11.3 Å². The summed E-state index contributed by atoms with van der Waals surface area (Å²) in [6, 6.07) is 8.03. The molecule has 0 saturated heterocycles. The highest BCUT2D eigenvalue weighted by Crippen LogP contribution is 2.32. The highest BCUT2D eigenvalue weighted by Gasteiger charge is 2.43. The molecule has 0 atom stereocenters. The molecule has 0 spiro atoms. The van der Waals surface area contributed by atoms with Gasteiger partial charge in [-0.25, -0.2) is 4.98 Å². The number of aromatic nitrogens is 2. The number of nitrogens with zero attached hydrogens (tertiary/aromatic N) is 2. The van der Waals surface area contributed by atoms with Crippen LogP contribution in [0.25, 0.3) is 5.69 Å². The van der Waals surface area contributed by atoms with Crippen LogP contribution in [0.2, 0.25) is 0 Å². The second-order valence-corrected chi connectivity index (χ2v) is 5.23. The molecule has 20 heavy (non-hydrogen) atoms. The number of nitrogens with one attached hydrogen (secondary N) is 1. The van der Waals surface area contributed by atoms with Crippen molar-refractivity contribution in [1.82, 2.24) is 14.9 Å². The summed E-state index contributed by atoms with van der Waals surface area (Å²) in [7, 11) is 0. The first-order chi connectivity index (χ1) is 9.70. The van der Waals surface area contributed by atoms with Gasteiger partial charge in [0.2, 0.25) is 0 Å². The predicted molar refractivity (Wildman–Crippen MR) is 74.6 cm³/mol. The minimum atomic E-state index is -0.737. The summed E-state index contributed by atoms with van der Waals surface area (Å²) in [4.78, 5) is 15.3. The first-order valence-corrected chi connectivity index (χ1v) is 6.75. The fourth-order valence-corrected chi connectivity index (χ4v) is 2.47. The van der Waals surface area contributed by atoms with Crippen LogP contribution in [-0.4, -0.2) is 26.2 Å². The van der Waals surface area contributed by atoms with Gasteiger partial charge < -0.3 is 9.67 Å². The Hall–Kier alpha value is -2.14. The molecule has 0 aliphatic heterocycles. The second-order valence-electron chi connectivity index (χ2n) is 5.23. The molecule has 1 heterocycles. The van der Waals surface area contributed by atoms with Crippen molar-refractivity contribution in [3.63, 3.8) is 0 Å². The third-order valence-electron chi connectivity index (χ3n) is 3.99. The number of carboxylic acids is 1. The molecule has 0 amide bonds. The van der Waals surface area contributed by atoms with Gasteiger partial charge in [-0.3, -0.25) is 10.1 Å². The van der Waals surface area contributed by atoms with Crippen LogP contribution in [0.15, 0.2) is 43.0 Å². The summed E-state index contributed by atoms with van der Waals surface area (Å²) in [6.45, 7) is 0.580. The Labute approximate surface area is 117 Å². The monoisotopic (exact) mass is 271 g/mol. The van der Waals surface area contributed by atoms with E-state index in [4.69, 9.17) is 0 Å². The summed E-state index contributed by atoms with van der Waals surface area (Å²) in [5.41, 5.74) is 1.42. The Morgan fingerprint density at radius 3 is 2.60 bits per heavy atom. The molecule has 0 bridgehead atoms. The van der Waals surface area contributed by atoms with E-state index >= 15 is 0 Å². The van der Waals surface area contributed by atoms with Crippen molar-refractivity contribution in [2.45, 2.75) is 31.3 Å². The SMILES string of the molecule is O=C(O)C1(NCc2ccc(-n3ccnc3)cc2)CCC1. The molecule has 1 saturated carbocycles. The van der Waals surface area contributed by atoms with Gasteiger partial charge in [0, 0.05) is 24.6 Å². The Balaban J connectivity index is 1.65. The number of carboxylic acid groups (broad SMARTS) is 1. The van der Waals surface area contributed by atoms with Crippen LogP contribution < -0.4 is 5.32 Å². The van der Waals surface area contributed by atoms with Gasteiger partial charge in [-0.15, -0.1) is 0 Å². The van der Waals surface area contributed by atoms with E-state index < -0.39 is 11.5 Å². The van der Waals surface area contributed by atoms with Gasteiger partial charge in [0.05, 0.1) is 6.33 Å². The smallest absolute Gasteiger partial charge is 0.323 e. The number of hydrogen-bond acceptors (Lipinski definition) is 3. The molecule has 1 aromatic carbocycles. The summed E-state index contributed by atoms with van der Waals surface area (Å²) in [5, 5.41) is 12.4. The molecule has 5 heteroatoms. The zero-order valence-corrected chi connectivity index (χ0v) is 11.1. The van der Waals surface area contributed by atoms with Crippen LogP contribution in [0.4, 0.5) is 0 Å². The Kier molecular flexibility index (Phi) is 3.28. The molecular weight excluding hydrogens is 254 g/mol. The molecule has 1 fully saturated rings. The van der Waals surface area contributed by atoms with Gasteiger partial charge >= 0.3 is 5.97 Å². The molecule has 0 unspecified atom stereocenters. The molecule has 1 aliphatic rings. The third-order valence-corrected chi connectivity index (χ3v) is 3.99. The minimum absolute atomic E-state index is 0.580. The van der Waals surface area contributed by atoms with E-state index in [2.05, 4.69) is 10.3 Å². The quantitative estimate of drug-likeness (QED) is 0.872. The zero-order valence-electron chi connectivity index (χ0n) is 11.1. The number of imidazole rings is 1. The number of rotatable bonds is 5. The Morgan fingerprint density at radius 1 is 1.35 bits per heavy atom. The Morgan fingerprint density at radius 2 is 2.10 bits per heavy atom. The lowest BCUT2D eigenvalue weighted by Gasteiger charge is -2.38. The van der Waals surface area contributed by atoms with Gasteiger partial charge in [0.25, 0.3) is 0 Å². The first kappa shape index (κ1) is 12.9. The largest absolute Gasteiger partial charge is 0.480 e. The van der Waals surface area contributed by atoms with E-state index in [0.29, 0.717) is 6.54 Å². The van der Waals surface area contributed by atoms with Crippen LogP contribution >= 0.6 is 0 Å². The lowest BCUT2D eigenvalue weighted by Crippen LogP contribution is -2.56. The van der Waals surface area contributed by atoms with Crippen LogP contribution in [0.1, 0.15) is 24.8 Å². The minimum Gasteiger partial charge on any atom is -0.480 e. The van der Waals surface area contributed by atoms with E-state index in [1.165, 1.54) is 0 Å². The zero-order chi connectivity index (χ0) is 14.0. The van der Waals surface area contributed by atoms with E-state index in [1.54, 1.807) is 12.5 Å². The molecule has 5 nitrogen and oxygen atoms in total.